The molecule has 0 N–H and O–H groups in total. The Balaban J connectivity index is 2.49. The van der Waals surface area contributed by atoms with E-state index in [0.717, 1.165) is 24.3 Å². The molecule has 0 aromatic heterocycles. The Bertz CT molecular complexity index is 800. The van der Waals surface area contributed by atoms with Gasteiger partial charge in [-0.2, -0.15) is 18.4 Å². The molecule has 1 atom stereocenters. The maximum absolute atomic E-state index is 12.8. The van der Waals surface area contributed by atoms with Gasteiger partial charge in [-0.05, 0) is 23.3 Å². The molecular weight excluding hydrogens is 333 g/mol. The lowest BCUT2D eigenvalue weighted by molar-refractivity contribution is -0.384. The van der Waals surface area contributed by atoms with E-state index < -0.39 is 22.6 Å². The lowest BCUT2D eigenvalue weighted by atomic mass is 9.91. The highest BCUT2D eigenvalue weighted by Gasteiger charge is 2.31. The molecule has 0 aliphatic heterocycles. The summed E-state index contributed by atoms with van der Waals surface area (Å²) < 4.78 is 38.3. The van der Waals surface area contributed by atoms with Gasteiger partial charge in [-0.1, -0.05) is 29.8 Å². The molecule has 0 saturated carbocycles. The number of hydrogen-bond acceptors (Lipinski definition) is 3. The Morgan fingerprint density at radius 3 is 2.43 bits per heavy atom. The second kappa shape index (κ2) is 6.26. The number of halogens is 4. The molecule has 23 heavy (non-hydrogen) atoms. The van der Waals surface area contributed by atoms with E-state index in [-0.39, 0.29) is 21.8 Å². The van der Waals surface area contributed by atoms with Crippen LogP contribution in [0.4, 0.5) is 18.9 Å². The second-order valence-electron chi connectivity index (χ2n) is 4.65. The average molecular weight is 341 g/mol. The number of hydrogen-bond donors (Lipinski definition) is 0. The average Bonchev–Trinajstić information content (AvgIpc) is 2.49. The van der Waals surface area contributed by atoms with Crippen molar-refractivity contribution in [2.24, 2.45) is 0 Å². The summed E-state index contributed by atoms with van der Waals surface area (Å²) in [5, 5.41) is 19.9. The van der Waals surface area contributed by atoms with E-state index in [0.29, 0.717) is 0 Å². The van der Waals surface area contributed by atoms with E-state index in [1.807, 2.05) is 6.07 Å². The Kier molecular flexibility index (Phi) is 4.57. The van der Waals surface area contributed by atoms with Crippen LogP contribution in [0, 0.1) is 21.4 Å². The summed E-state index contributed by atoms with van der Waals surface area (Å²) in [5.41, 5.74) is -0.829. The molecule has 0 radical (unpaired) electrons. The topological polar surface area (TPSA) is 66.9 Å². The van der Waals surface area contributed by atoms with Crippen LogP contribution in [0.15, 0.2) is 42.5 Å². The molecule has 118 valence electrons. The zero-order chi connectivity index (χ0) is 17.2. The summed E-state index contributed by atoms with van der Waals surface area (Å²) in [7, 11) is 0. The molecular formula is C15H8ClF3N2O2. The molecule has 0 aliphatic rings. The van der Waals surface area contributed by atoms with Crippen molar-refractivity contribution in [1.82, 2.24) is 0 Å². The van der Waals surface area contributed by atoms with Crippen molar-refractivity contribution < 1.29 is 18.1 Å². The van der Waals surface area contributed by atoms with Gasteiger partial charge in [0.05, 0.1) is 27.5 Å². The minimum atomic E-state index is -4.53. The van der Waals surface area contributed by atoms with E-state index in [4.69, 9.17) is 11.6 Å². The van der Waals surface area contributed by atoms with Gasteiger partial charge in [0, 0.05) is 12.1 Å². The quantitative estimate of drug-likeness (QED) is 0.588. The molecule has 2 aromatic carbocycles. The third-order valence-corrected chi connectivity index (χ3v) is 3.51. The Morgan fingerprint density at radius 2 is 1.91 bits per heavy atom. The first-order chi connectivity index (χ1) is 10.7. The molecule has 0 amide bonds. The van der Waals surface area contributed by atoms with E-state index in [9.17, 15) is 28.5 Å². The molecule has 0 saturated heterocycles. The van der Waals surface area contributed by atoms with E-state index in [2.05, 4.69) is 0 Å². The predicted molar refractivity (Wildman–Crippen MR) is 77.0 cm³/mol. The zero-order valence-corrected chi connectivity index (χ0v) is 12.1. The van der Waals surface area contributed by atoms with Crippen molar-refractivity contribution >= 4 is 17.3 Å². The first-order valence-corrected chi connectivity index (χ1v) is 6.62. The highest BCUT2D eigenvalue weighted by Crippen LogP contribution is 2.35. The van der Waals surface area contributed by atoms with Gasteiger partial charge < -0.3 is 0 Å². The summed E-state index contributed by atoms with van der Waals surface area (Å²) in [6, 6.07) is 9.71. The molecule has 2 aromatic rings. The van der Waals surface area contributed by atoms with Crippen LogP contribution < -0.4 is 0 Å². The van der Waals surface area contributed by atoms with E-state index in [1.165, 1.54) is 18.2 Å². The summed E-state index contributed by atoms with van der Waals surface area (Å²) in [4.78, 5) is 10.0. The van der Waals surface area contributed by atoms with Crippen molar-refractivity contribution in [2.45, 2.75) is 12.1 Å². The van der Waals surface area contributed by atoms with Crippen molar-refractivity contribution in [1.29, 1.82) is 5.26 Å². The SMILES string of the molecule is N#CC(c1cccc(C(F)(F)F)c1)c1ccc([N+](=O)[O-])cc1Cl. The van der Waals surface area contributed by atoms with Crippen LogP contribution in [-0.2, 0) is 6.18 Å². The van der Waals surface area contributed by atoms with Crippen LogP contribution >= 0.6 is 11.6 Å². The number of alkyl halides is 3. The number of benzene rings is 2. The van der Waals surface area contributed by atoms with Crippen LogP contribution in [0.3, 0.4) is 0 Å². The third-order valence-electron chi connectivity index (χ3n) is 3.18. The van der Waals surface area contributed by atoms with Crippen molar-refractivity contribution in [3.8, 4) is 6.07 Å². The van der Waals surface area contributed by atoms with Crippen LogP contribution in [0.25, 0.3) is 0 Å². The van der Waals surface area contributed by atoms with Crippen LogP contribution in [0.5, 0.6) is 0 Å². The monoisotopic (exact) mass is 340 g/mol. The van der Waals surface area contributed by atoms with Gasteiger partial charge in [0.2, 0.25) is 0 Å². The van der Waals surface area contributed by atoms with Gasteiger partial charge in [0.1, 0.15) is 0 Å². The fraction of sp³-hybridized carbons (Fsp3) is 0.133. The van der Waals surface area contributed by atoms with Gasteiger partial charge >= 0.3 is 6.18 Å². The maximum Gasteiger partial charge on any atom is 0.416 e. The summed E-state index contributed by atoms with van der Waals surface area (Å²) in [6.45, 7) is 0. The van der Waals surface area contributed by atoms with E-state index in [1.54, 1.807) is 0 Å². The highest BCUT2D eigenvalue weighted by molar-refractivity contribution is 6.31. The van der Waals surface area contributed by atoms with Gasteiger partial charge in [0.25, 0.3) is 5.69 Å². The molecule has 1 unspecified atom stereocenters. The number of non-ortho nitro benzene ring substituents is 1. The number of rotatable bonds is 3. The van der Waals surface area contributed by atoms with Crippen LogP contribution in [0.2, 0.25) is 5.02 Å². The first-order valence-electron chi connectivity index (χ1n) is 6.24. The van der Waals surface area contributed by atoms with Gasteiger partial charge in [-0.3, -0.25) is 10.1 Å². The molecule has 0 heterocycles. The van der Waals surface area contributed by atoms with Gasteiger partial charge in [0.15, 0.2) is 0 Å². The fourth-order valence-electron chi connectivity index (χ4n) is 2.08. The molecule has 0 bridgehead atoms. The lowest BCUT2D eigenvalue weighted by Crippen LogP contribution is -2.07. The summed E-state index contributed by atoms with van der Waals surface area (Å²) in [5.74, 6) is -1.06. The van der Waals surface area contributed by atoms with E-state index >= 15 is 0 Å². The van der Waals surface area contributed by atoms with Crippen LogP contribution in [0.1, 0.15) is 22.6 Å². The largest absolute Gasteiger partial charge is 0.416 e. The minimum absolute atomic E-state index is 0.0526. The third kappa shape index (κ3) is 3.60. The Labute approximate surface area is 133 Å². The smallest absolute Gasteiger partial charge is 0.258 e. The number of nitriles is 1. The molecule has 4 nitrogen and oxygen atoms in total. The second-order valence-corrected chi connectivity index (χ2v) is 5.06. The van der Waals surface area contributed by atoms with Gasteiger partial charge in [-0.15, -0.1) is 0 Å². The Hall–Kier alpha value is -2.59. The number of nitro benzene ring substituents is 1. The van der Waals surface area contributed by atoms with Crippen molar-refractivity contribution in [3.05, 3.63) is 74.3 Å². The zero-order valence-electron chi connectivity index (χ0n) is 11.3. The minimum Gasteiger partial charge on any atom is -0.258 e. The van der Waals surface area contributed by atoms with Crippen molar-refractivity contribution in [3.63, 3.8) is 0 Å². The van der Waals surface area contributed by atoms with Crippen molar-refractivity contribution in [2.75, 3.05) is 0 Å². The lowest BCUT2D eigenvalue weighted by Gasteiger charge is -2.14. The molecule has 0 fully saturated rings. The first kappa shape index (κ1) is 16.8. The summed E-state index contributed by atoms with van der Waals surface area (Å²) >= 11 is 5.95. The standard InChI is InChI=1S/C15H8ClF3N2O2/c16-14-7-11(21(22)23)4-5-12(14)13(8-20)9-2-1-3-10(6-9)15(17,18)19/h1-7,13H. The molecule has 8 heteroatoms. The molecule has 0 aliphatic carbocycles. The summed E-state index contributed by atoms with van der Waals surface area (Å²) in [6.07, 6.45) is -4.53. The molecule has 2 rings (SSSR count). The predicted octanol–water partition coefficient (Wildman–Crippen LogP) is 4.92. The molecule has 0 spiro atoms. The number of nitrogens with zero attached hydrogens (tertiary/aromatic N) is 2. The normalized spacial score (nSPS) is 12.5. The van der Waals surface area contributed by atoms with Gasteiger partial charge in [-0.25, -0.2) is 0 Å². The van der Waals surface area contributed by atoms with Crippen LogP contribution in [-0.4, -0.2) is 4.92 Å². The highest BCUT2D eigenvalue weighted by atomic mass is 35.5. The Morgan fingerprint density at radius 1 is 1.22 bits per heavy atom. The maximum atomic E-state index is 12.8. The fourth-order valence-corrected chi connectivity index (χ4v) is 2.37. The number of nitro groups is 1.